The van der Waals surface area contributed by atoms with E-state index in [0.29, 0.717) is 0 Å². The van der Waals surface area contributed by atoms with Gasteiger partial charge < -0.3 is 9.59 Å². The van der Waals surface area contributed by atoms with Gasteiger partial charge in [0.15, 0.2) is 16.6 Å². The molecule has 0 saturated carbocycles. The van der Waals surface area contributed by atoms with E-state index in [9.17, 15) is 9.59 Å². The molecule has 60 valence electrons. The van der Waals surface area contributed by atoms with Crippen molar-refractivity contribution in [2.75, 3.05) is 0 Å². The maximum atomic E-state index is 9.81. The molecule has 0 aromatic heterocycles. The third-order valence-corrected chi connectivity index (χ3v) is 13.5. The molecule has 0 aromatic rings. The summed E-state index contributed by atoms with van der Waals surface area (Å²) in [6.07, 6.45) is 0. The second kappa shape index (κ2) is 2.17. The summed E-state index contributed by atoms with van der Waals surface area (Å²) < 4.78 is 0. The highest BCUT2D eigenvalue weighted by molar-refractivity contribution is 6.96. The summed E-state index contributed by atoms with van der Waals surface area (Å²) in [4.78, 5) is 19.6. The fourth-order valence-corrected chi connectivity index (χ4v) is 12.7. The van der Waals surface area contributed by atoms with E-state index in [1.165, 1.54) is 0 Å². The van der Waals surface area contributed by atoms with Gasteiger partial charge in [0.1, 0.15) is 0 Å². The summed E-state index contributed by atoms with van der Waals surface area (Å²) in [7, 11) is -3.93. The van der Waals surface area contributed by atoms with Crippen molar-refractivity contribution in [2.45, 2.75) is 37.3 Å². The van der Waals surface area contributed by atoms with Gasteiger partial charge in [-0.1, -0.05) is 6.92 Å². The minimum Gasteiger partial charge on any atom is -0.432 e. The molecule has 1 aliphatic rings. The van der Waals surface area contributed by atoms with E-state index in [0.717, 1.165) is 12.1 Å². The first-order valence-electron chi connectivity index (χ1n) is 3.81. The highest BCUT2D eigenvalue weighted by atomic mass is 28.4. The van der Waals surface area contributed by atoms with Crippen LogP contribution in [-0.2, 0) is 0 Å². The van der Waals surface area contributed by atoms with Crippen LogP contribution in [-0.4, -0.2) is 26.2 Å². The van der Waals surface area contributed by atoms with Crippen LogP contribution >= 0.6 is 0 Å². The van der Waals surface area contributed by atoms with Gasteiger partial charge in [-0.3, -0.25) is 0 Å². The summed E-state index contributed by atoms with van der Waals surface area (Å²) in [5.74, 6) is 0. The Morgan fingerprint density at radius 1 is 1.10 bits per heavy atom. The fraction of sp³-hybridized carbons (Fsp3) is 1.00. The molecule has 2 atom stereocenters. The highest BCUT2D eigenvalue weighted by Crippen LogP contribution is 2.42. The zero-order chi connectivity index (χ0) is 7.99. The van der Waals surface area contributed by atoms with Crippen LogP contribution in [0.2, 0.25) is 30.3 Å². The molecule has 0 spiro atoms. The zero-order valence-corrected chi connectivity index (χ0v) is 8.89. The molecule has 1 fully saturated rings. The van der Waals surface area contributed by atoms with Crippen molar-refractivity contribution in [3.8, 4) is 0 Å². The van der Waals surface area contributed by atoms with Crippen LogP contribution in [0.3, 0.4) is 0 Å². The molecule has 10 heavy (non-hydrogen) atoms. The van der Waals surface area contributed by atoms with E-state index < -0.39 is 16.6 Å². The summed E-state index contributed by atoms with van der Waals surface area (Å²) in [6, 6.07) is 1.82. The first kappa shape index (κ1) is 8.45. The van der Waals surface area contributed by atoms with Crippen LogP contribution in [0.4, 0.5) is 0 Å². The van der Waals surface area contributed by atoms with Crippen LogP contribution in [0.15, 0.2) is 0 Å². The molecule has 0 aliphatic carbocycles. The highest BCUT2D eigenvalue weighted by Gasteiger charge is 2.51. The second-order valence-electron chi connectivity index (χ2n) is 3.94. The topological polar surface area (TPSA) is 40.5 Å². The average Bonchev–Trinajstić information content (AvgIpc) is 1.95. The van der Waals surface area contributed by atoms with Gasteiger partial charge in [0.25, 0.3) is 0 Å². The Hall–Kier alpha value is 0.354. The Bertz CT molecular complexity index is 129. The smallest absolute Gasteiger partial charge is 0.187 e. The molecule has 0 amide bonds. The van der Waals surface area contributed by atoms with Crippen LogP contribution in [0, 0.1) is 0 Å². The Morgan fingerprint density at radius 3 is 1.50 bits per heavy atom. The molecule has 1 rings (SSSR count). The summed E-state index contributed by atoms with van der Waals surface area (Å²) in [5, 5.41) is 0.264. The third-order valence-electron chi connectivity index (χ3n) is 3.00. The molecule has 4 heteroatoms. The van der Waals surface area contributed by atoms with Crippen molar-refractivity contribution in [1.82, 2.24) is 0 Å². The van der Waals surface area contributed by atoms with Gasteiger partial charge in [0.2, 0.25) is 0 Å². The van der Waals surface area contributed by atoms with Crippen LogP contribution in [0.5, 0.6) is 0 Å². The van der Waals surface area contributed by atoms with Crippen LogP contribution in [0.1, 0.15) is 6.92 Å². The van der Waals surface area contributed by atoms with Crippen molar-refractivity contribution < 1.29 is 9.59 Å². The molecule has 0 bridgehead atoms. The van der Waals surface area contributed by atoms with Gasteiger partial charge in [-0.2, -0.15) is 0 Å². The van der Waals surface area contributed by atoms with E-state index in [2.05, 4.69) is 0 Å². The minimum atomic E-state index is -1.97. The largest absolute Gasteiger partial charge is 0.432 e. The summed E-state index contributed by atoms with van der Waals surface area (Å²) in [5.41, 5.74) is 0. The fourth-order valence-electron chi connectivity index (χ4n) is 1.61. The van der Waals surface area contributed by atoms with E-state index >= 15 is 0 Å². The predicted octanol–water partition coefficient (Wildman–Crippen LogP) is 1.06. The minimum absolute atomic E-state index is 0.264. The van der Waals surface area contributed by atoms with Gasteiger partial charge in [-0.15, -0.1) is 0 Å². The number of hydrogen-bond acceptors (Lipinski definition) is 2. The van der Waals surface area contributed by atoms with Crippen molar-refractivity contribution >= 4 is 16.6 Å². The van der Waals surface area contributed by atoms with Crippen molar-refractivity contribution in [2.24, 2.45) is 0 Å². The third kappa shape index (κ3) is 1.21. The average molecular weight is 176 g/mol. The summed E-state index contributed by atoms with van der Waals surface area (Å²) in [6.45, 7) is 5.95. The van der Waals surface area contributed by atoms with E-state index in [1.54, 1.807) is 0 Å². The van der Waals surface area contributed by atoms with Gasteiger partial charge in [-0.25, -0.2) is 0 Å². The predicted molar refractivity (Wildman–Crippen MR) is 46.7 cm³/mol. The molecular formula is C6H16O2Si2. The van der Waals surface area contributed by atoms with Gasteiger partial charge >= 0.3 is 0 Å². The molecule has 0 aromatic carbocycles. The molecule has 0 radical (unpaired) electrons. The number of rotatable bonds is 0. The van der Waals surface area contributed by atoms with Gasteiger partial charge in [0, 0.05) is 0 Å². The SMILES string of the molecule is CC1[Si](C)(O)CC[Si]1(C)O. The first-order chi connectivity index (χ1) is 4.36. The molecule has 2 nitrogen and oxygen atoms in total. The van der Waals surface area contributed by atoms with E-state index in [-0.39, 0.29) is 5.16 Å². The lowest BCUT2D eigenvalue weighted by atomic mass is 10.9. The Morgan fingerprint density at radius 2 is 1.40 bits per heavy atom. The maximum Gasteiger partial charge on any atom is 0.187 e. The van der Waals surface area contributed by atoms with Gasteiger partial charge in [0.05, 0.1) is 0 Å². The molecule has 2 unspecified atom stereocenters. The van der Waals surface area contributed by atoms with Crippen molar-refractivity contribution in [1.29, 1.82) is 0 Å². The zero-order valence-electron chi connectivity index (χ0n) is 6.89. The van der Waals surface area contributed by atoms with Crippen LogP contribution in [0.25, 0.3) is 0 Å². The molecule has 1 aliphatic heterocycles. The van der Waals surface area contributed by atoms with Crippen LogP contribution < -0.4 is 0 Å². The lowest BCUT2D eigenvalue weighted by molar-refractivity contribution is 0.519. The Kier molecular flexibility index (Phi) is 1.83. The normalized spacial score (nSPS) is 55.5. The van der Waals surface area contributed by atoms with Gasteiger partial charge in [-0.05, 0) is 30.3 Å². The Balaban J connectivity index is 2.77. The quantitative estimate of drug-likeness (QED) is 0.542. The van der Waals surface area contributed by atoms with Crippen molar-refractivity contribution in [3.63, 3.8) is 0 Å². The standard InChI is InChI=1S/C6H16O2Si2/c1-6-9(2,7)4-5-10(6,3)8/h6-8H,4-5H2,1-3H3. The Labute approximate surface area is 64.2 Å². The lowest BCUT2D eigenvalue weighted by Gasteiger charge is -2.25. The lowest BCUT2D eigenvalue weighted by Crippen LogP contribution is -2.41. The van der Waals surface area contributed by atoms with E-state index in [1.807, 2.05) is 20.0 Å². The second-order valence-corrected chi connectivity index (χ2v) is 12.7. The summed E-state index contributed by atoms with van der Waals surface area (Å²) >= 11 is 0. The molecule has 2 N–H and O–H groups in total. The monoisotopic (exact) mass is 176 g/mol. The maximum absolute atomic E-state index is 9.81. The molecule has 1 saturated heterocycles. The van der Waals surface area contributed by atoms with Crippen molar-refractivity contribution in [3.05, 3.63) is 0 Å². The molecular weight excluding hydrogens is 160 g/mol. The van der Waals surface area contributed by atoms with E-state index in [4.69, 9.17) is 0 Å². The molecule has 1 heterocycles. The first-order valence-corrected chi connectivity index (χ1v) is 9.27. The number of hydrogen-bond donors (Lipinski definition) is 2.